The van der Waals surface area contributed by atoms with E-state index < -0.39 is 0 Å². The molecule has 0 bridgehead atoms. The van der Waals surface area contributed by atoms with Crippen molar-refractivity contribution in [1.82, 2.24) is 0 Å². The summed E-state index contributed by atoms with van der Waals surface area (Å²) < 4.78 is 12.9. The van der Waals surface area contributed by atoms with E-state index in [-0.39, 0.29) is 5.82 Å². The molecule has 0 heterocycles. The van der Waals surface area contributed by atoms with Gasteiger partial charge in [-0.25, -0.2) is 4.39 Å². The minimum absolute atomic E-state index is 0.206. The lowest BCUT2D eigenvalue weighted by molar-refractivity contribution is 0.628. The molecule has 0 aliphatic rings. The second-order valence-corrected chi connectivity index (χ2v) is 4.49. The minimum Gasteiger partial charge on any atom is -0.207 e. The van der Waals surface area contributed by atoms with Gasteiger partial charge < -0.3 is 0 Å². The molecule has 0 saturated heterocycles. The van der Waals surface area contributed by atoms with E-state index in [2.05, 4.69) is 18.8 Å². The highest BCUT2D eigenvalue weighted by atomic mass is 19.1. The van der Waals surface area contributed by atoms with E-state index in [1.807, 2.05) is 24.3 Å². The van der Waals surface area contributed by atoms with Crippen LogP contribution < -0.4 is 0 Å². The van der Waals surface area contributed by atoms with Crippen molar-refractivity contribution in [2.45, 2.75) is 26.2 Å². The fourth-order valence-corrected chi connectivity index (χ4v) is 1.82. The first kappa shape index (κ1) is 13.4. The molecule has 2 rings (SSSR count). The van der Waals surface area contributed by atoms with Crippen molar-refractivity contribution in [1.29, 1.82) is 0 Å². The number of hydrogen-bond donors (Lipinski definition) is 0. The number of unbranched alkanes of at least 4 members (excludes halogenated alkanes) is 2. The Morgan fingerprint density at radius 3 is 2.05 bits per heavy atom. The van der Waals surface area contributed by atoms with Crippen molar-refractivity contribution in [3.8, 4) is 23.0 Å². The fraction of sp³-hybridized carbons (Fsp3) is 0.222. The van der Waals surface area contributed by atoms with Gasteiger partial charge in [-0.05, 0) is 41.8 Å². The Kier molecular flexibility index (Phi) is 4.75. The van der Waals surface area contributed by atoms with Crippen LogP contribution in [0.4, 0.5) is 4.39 Å². The Bertz CT molecular complexity index is 568. The molecular formula is C18H17F. The highest BCUT2D eigenvalue weighted by Crippen LogP contribution is 2.19. The van der Waals surface area contributed by atoms with Crippen molar-refractivity contribution in [3.63, 3.8) is 0 Å². The predicted octanol–water partition coefficient (Wildman–Crippen LogP) is 5.03. The molecule has 0 nitrogen and oxygen atoms in total. The van der Waals surface area contributed by atoms with E-state index in [0.717, 1.165) is 29.5 Å². The van der Waals surface area contributed by atoms with E-state index in [4.69, 9.17) is 0 Å². The number of halogens is 1. The fourth-order valence-electron chi connectivity index (χ4n) is 1.82. The Morgan fingerprint density at radius 1 is 0.895 bits per heavy atom. The molecule has 2 aromatic carbocycles. The standard InChI is InChI=1S/C18H17F/c1-2-3-4-5-6-15-7-9-16(10-8-15)17-11-13-18(19)14-12-17/h7-14H,2-4H2,1H3. The van der Waals surface area contributed by atoms with E-state index in [9.17, 15) is 4.39 Å². The second kappa shape index (κ2) is 6.75. The molecule has 0 N–H and O–H groups in total. The van der Waals surface area contributed by atoms with Gasteiger partial charge in [-0.3, -0.25) is 0 Å². The third-order valence-corrected chi connectivity index (χ3v) is 2.95. The molecular weight excluding hydrogens is 235 g/mol. The van der Waals surface area contributed by atoms with Crippen LogP contribution >= 0.6 is 0 Å². The summed E-state index contributed by atoms with van der Waals surface area (Å²) in [6, 6.07) is 14.6. The summed E-state index contributed by atoms with van der Waals surface area (Å²) in [5, 5.41) is 0. The van der Waals surface area contributed by atoms with Crippen LogP contribution in [0.2, 0.25) is 0 Å². The van der Waals surface area contributed by atoms with E-state index in [1.165, 1.54) is 18.6 Å². The Morgan fingerprint density at radius 2 is 1.47 bits per heavy atom. The Balaban J connectivity index is 2.09. The van der Waals surface area contributed by atoms with Crippen molar-refractivity contribution in [2.24, 2.45) is 0 Å². The van der Waals surface area contributed by atoms with Crippen LogP contribution in [0.25, 0.3) is 11.1 Å². The molecule has 96 valence electrons. The lowest BCUT2D eigenvalue weighted by Crippen LogP contribution is -1.80. The summed E-state index contributed by atoms with van der Waals surface area (Å²) in [4.78, 5) is 0. The van der Waals surface area contributed by atoms with E-state index >= 15 is 0 Å². The van der Waals surface area contributed by atoms with Gasteiger partial charge in [0.2, 0.25) is 0 Å². The summed E-state index contributed by atoms with van der Waals surface area (Å²) in [5.74, 6) is 6.12. The molecule has 0 unspecified atom stereocenters. The van der Waals surface area contributed by atoms with Gasteiger partial charge in [-0.1, -0.05) is 49.5 Å². The molecule has 0 aromatic heterocycles. The molecule has 0 aliphatic carbocycles. The van der Waals surface area contributed by atoms with Crippen LogP contribution in [0.1, 0.15) is 31.7 Å². The van der Waals surface area contributed by atoms with Crippen molar-refractivity contribution >= 4 is 0 Å². The molecule has 1 heteroatoms. The second-order valence-electron chi connectivity index (χ2n) is 4.49. The van der Waals surface area contributed by atoms with Crippen LogP contribution in [0.5, 0.6) is 0 Å². The van der Waals surface area contributed by atoms with Crippen LogP contribution in [-0.2, 0) is 0 Å². The van der Waals surface area contributed by atoms with Gasteiger partial charge in [-0.15, -0.1) is 0 Å². The Hall–Kier alpha value is -2.07. The van der Waals surface area contributed by atoms with E-state index in [0.29, 0.717) is 0 Å². The van der Waals surface area contributed by atoms with Crippen LogP contribution in [0, 0.1) is 17.7 Å². The third kappa shape index (κ3) is 3.96. The summed E-state index contributed by atoms with van der Waals surface area (Å²) in [7, 11) is 0. The zero-order chi connectivity index (χ0) is 13.5. The summed E-state index contributed by atoms with van der Waals surface area (Å²) in [6.07, 6.45) is 3.29. The van der Waals surface area contributed by atoms with Crippen molar-refractivity contribution < 1.29 is 4.39 Å². The smallest absolute Gasteiger partial charge is 0.123 e. The predicted molar refractivity (Wildman–Crippen MR) is 78.2 cm³/mol. The van der Waals surface area contributed by atoms with Gasteiger partial charge in [0.1, 0.15) is 5.82 Å². The van der Waals surface area contributed by atoms with Crippen molar-refractivity contribution in [3.05, 3.63) is 59.9 Å². The maximum Gasteiger partial charge on any atom is 0.123 e. The van der Waals surface area contributed by atoms with Crippen LogP contribution in [0.3, 0.4) is 0 Å². The number of benzene rings is 2. The van der Waals surface area contributed by atoms with Gasteiger partial charge >= 0.3 is 0 Å². The maximum atomic E-state index is 12.9. The zero-order valence-electron chi connectivity index (χ0n) is 11.1. The van der Waals surface area contributed by atoms with Crippen LogP contribution in [0.15, 0.2) is 48.5 Å². The van der Waals surface area contributed by atoms with Gasteiger partial charge in [0, 0.05) is 12.0 Å². The van der Waals surface area contributed by atoms with Gasteiger partial charge in [-0.2, -0.15) is 0 Å². The summed E-state index contributed by atoms with van der Waals surface area (Å²) in [6.45, 7) is 2.17. The molecule has 0 amide bonds. The SMILES string of the molecule is CCCCC#Cc1ccc(-c2ccc(F)cc2)cc1. The quantitative estimate of drug-likeness (QED) is 0.530. The largest absolute Gasteiger partial charge is 0.207 e. The first-order valence-electron chi connectivity index (χ1n) is 6.64. The van der Waals surface area contributed by atoms with Crippen molar-refractivity contribution in [2.75, 3.05) is 0 Å². The normalized spacial score (nSPS) is 9.79. The maximum absolute atomic E-state index is 12.9. The topological polar surface area (TPSA) is 0 Å². The van der Waals surface area contributed by atoms with Gasteiger partial charge in [0.05, 0.1) is 0 Å². The van der Waals surface area contributed by atoms with Gasteiger partial charge in [0.25, 0.3) is 0 Å². The summed E-state index contributed by atoms with van der Waals surface area (Å²) >= 11 is 0. The lowest BCUT2D eigenvalue weighted by Gasteiger charge is -2.01. The van der Waals surface area contributed by atoms with Crippen LogP contribution in [-0.4, -0.2) is 0 Å². The number of hydrogen-bond acceptors (Lipinski definition) is 0. The third-order valence-electron chi connectivity index (χ3n) is 2.95. The first-order chi connectivity index (χ1) is 9.29. The van der Waals surface area contributed by atoms with Gasteiger partial charge in [0.15, 0.2) is 0 Å². The highest BCUT2D eigenvalue weighted by molar-refractivity contribution is 5.64. The zero-order valence-corrected chi connectivity index (χ0v) is 11.1. The molecule has 2 aromatic rings. The monoisotopic (exact) mass is 252 g/mol. The minimum atomic E-state index is -0.206. The Labute approximate surface area is 114 Å². The molecule has 0 radical (unpaired) electrons. The average molecular weight is 252 g/mol. The highest BCUT2D eigenvalue weighted by Gasteiger charge is 1.97. The van der Waals surface area contributed by atoms with E-state index in [1.54, 1.807) is 12.1 Å². The molecule has 0 saturated carbocycles. The lowest BCUT2D eigenvalue weighted by atomic mass is 10.0. The average Bonchev–Trinajstić information content (AvgIpc) is 2.45. The summed E-state index contributed by atoms with van der Waals surface area (Å²) in [5.41, 5.74) is 3.13. The molecule has 0 spiro atoms. The number of rotatable bonds is 3. The molecule has 0 aliphatic heterocycles. The molecule has 0 fully saturated rings. The first-order valence-corrected chi connectivity index (χ1v) is 6.64. The molecule has 19 heavy (non-hydrogen) atoms. The molecule has 0 atom stereocenters.